The summed E-state index contributed by atoms with van der Waals surface area (Å²) in [7, 11) is 0. The van der Waals surface area contributed by atoms with Crippen molar-refractivity contribution in [1.82, 2.24) is 4.57 Å². The molecule has 0 radical (unpaired) electrons. The first-order valence-electron chi connectivity index (χ1n) is 4.95. The van der Waals surface area contributed by atoms with Gasteiger partial charge in [-0.3, -0.25) is 0 Å². The Morgan fingerprint density at radius 1 is 1.17 bits per heavy atom. The molecular weight excluding hydrogens is 245 g/mol. The summed E-state index contributed by atoms with van der Waals surface area (Å²) in [6.45, 7) is 0. The summed E-state index contributed by atoms with van der Waals surface area (Å²) in [5, 5.41) is 0. The van der Waals surface area contributed by atoms with Crippen LogP contribution in [0, 0.1) is 0 Å². The summed E-state index contributed by atoms with van der Waals surface area (Å²) in [6.07, 6.45) is 0.0800. The largest absolute Gasteiger partial charge is 0.416 e. The van der Waals surface area contributed by atoms with E-state index in [1.807, 2.05) is 0 Å². The van der Waals surface area contributed by atoms with E-state index < -0.39 is 11.7 Å². The first-order valence-corrected chi connectivity index (χ1v) is 4.95. The minimum atomic E-state index is -4.47. The van der Waals surface area contributed by atoms with Crippen molar-refractivity contribution in [3.8, 4) is 5.69 Å². The highest BCUT2D eigenvalue weighted by atomic mass is 19.4. The van der Waals surface area contributed by atoms with Gasteiger partial charge in [0.2, 0.25) is 6.08 Å². The first-order chi connectivity index (χ1) is 8.52. The quantitative estimate of drug-likeness (QED) is 0.595. The van der Waals surface area contributed by atoms with Gasteiger partial charge in [-0.1, -0.05) is 0 Å². The maximum Gasteiger partial charge on any atom is 0.416 e. The Hall–Kier alpha value is -2.33. The maximum atomic E-state index is 12.5. The molecule has 2 aromatic rings. The lowest BCUT2D eigenvalue weighted by molar-refractivity contribution is -0.137. The van der Waals surface area contributed by atoms with E-state index in [1.165, 1.54) is 12.1 Å². The summed E-state index contributed by atoms with van der Waals surface area (Å²) in [5.41, 5.74) is -0.542. The zero-order valence-electron chi connectivity index (χ0n) is 8.98. The lowest BCUT2D eigenvalue weighted by Crippen LogP contribution is -2.05. The van der Waals surface area contributed by atoms with Gasteiger partial charge in [-0.05, 0) is 30.3 Å². The van der Waals surface area contributed by atoms with Crippen LogP contribution in [-0.2, 0) is 11.0 Å². The second-order valence-electron chi connectivity index (χ2n) is 3.49. The Morgan fingerprint density at radius 3 is 2.39 bits per heavy atom. The van der Waals surface area contributed by atoms with Crippen LogP contribution >= 0.6 is 0 Å². The van der Waals surface area contributed by atoms with Crippen LogP contribution < -0.4 is 0 Å². The molecule has 1 heterocycles. The molecule has 0 saturated heterocycles. The van der Waals surface area contributed by atoms with Crippen molar-refractivity contribution in [2.75, 3.05) is 0 Å². The van der Waals surface area contributed by atoms with Crippen LogP contribution in [0.25, 0.3) is 5.69 Å². The summed E-state index contributed by atoms with van der Waals surface area (Å²) in [5.74, 6) is 0. The molecule has 0 bridgehead atoms. The van der Waals surface area contributed by atoms with Crippen LogP contribution in [0.3, 0.4) is 0 Å². The Kier molecular flexibility index (Phi) is 3.04. The number of hydrogen-bond acceptors (Lipinski definition) is 2. The molecule has 2 rings (SSSR count). The molecule has 0 spiro atoms. The van der Waals surface area contributed by atoms with E-state index in [0.29, 0.717) is 5.69 Å². The number of rotatable bonds is 2. The third-order valence-corrected chi connectivity index (χ3v) is 2.35. The van der Waals surface area contributed by atoms with Crippen LogP contribution in [0.1, 0.15) is 5.56 Å². The zero-order valence-corrected chi connectivity index (χ0v) is 8.98. The molecule has 0 fully saturated rings. The van der Waals surface area contributed by atoms with Crippen molar-refractivity contribution >= 4 is 11.8 Å². The SMILES string of the molecule is O=C=Nc1cc(C(F)(F)F)ccc1-n1cccc1. The van der Waals surface area contributed by atoms with Gasteiger partial charge < -0.3 is 4.57 Å². The Bertz CT molecular complexity index is 596. The maximum absolute atomic E-state index is 12.5. The van der Waals surface area contributed by atoms with Crippen molar-refractivity contribution in [2.45, 2.75) is 6.18 Å². The Labute approximate surface area is 100 Å². The normalized spacial score (nSPS) is 11.1. The van der Waals surface area contributed by atoms with E-state index >= 15 is 0 Å². The predicted molar refractivity (Wildman–Crippen MR) is 58.6 cm³/mol. The van der Waals surface area contributed by atoms with Gasteiger partial charge in [-0.15, -0.1) is 0 Å². The fourth-order valence-corrected chi connectivity index (χ4v) is 1.55. The number of alkyl halides is 3. The van der Waals surface area contributed by atoms with Crippen molar-refractivity contribution < 1.29 is 18.0 Å². The average Bonchev–Trinajstić information content (AvgIpc) is 2.81. The molecule has 0 aliphatic carbocycles. The summed E-state index contributed by atoms with van der Waals surface area (Å²) < 4.78 is 39.2. The smallest absolute Gasteiger partial charge is 0.322 e. The van der Waals surface area contributed by atoms with Gasteiger partial charge in [-0.25, -0.2) is 4.79 Å². The number of hydrogen-bond donors (Lipinski definition) is 0. The van der Waals surface area contributed by atoms with Crippen molar-refractivity contribution in [1.29, 1.82) is 0 Å². The highest BCUT2D eigenvalue weighted by Crippen LogP contribution is 2.34. The van der Waals surface area contributed by atoms with Crippen molar-refractivity contribution in [3.63, 3.8) is 0 Å². The fourth-order valence-electron chi connectivity index (χ4n) is 1.55. The number of nitrogens with zero attached hydrogens (tertiary/aromatic N) is 2. The Morgan fingerprint density at radius 2 is 1.83 bits per heavy atom. The molecule has 0 N–H and O–H groups in total. The highest BCUT2D eigenvalue weighted by molar-refractivity contribution is 5.63. The fraction of sp³-hybridized carbons (Fsp3) is 0.0833. The molecular formula is C12H7F3N2O. The molecule has 0 unspecified atom stereocenters. The van der Waals surface area contributed by atoms with Crippen LogP contribution in [0.15, 0.2) is 47.7 Å². The highest BCUT2D eigenvalue weighted by Gasteiger charge is 2.31. The topological polar surface area (TPSA) is 34.4 Å². The van der Waals surface area contributed by atoms with Crippen LogP contribution in [0.4, 0.5) is 18.9 Å². The molecule has 3 nitrogen and oxygen atoms in total. The van der Waals surface area contributed by atoms with Gasteiger partial charge >= 0.3 is 6.18 Å². The standard InChI is InChI=1S/C12H7F3N2O/c13-12(14,15)9-3-4-11(10(7-9)16-8-18)17-5-1-2-6-17/h1-7H. The van der Waals surface area contributed by atoms with Crippen LogP contribution in [0.5, 0.6) is 0 Å². The van der Waals surface area contributed by atoms with Crippen molar-refractivity contribution in [2.24, 2.45) is 4.99 Å². The number of carbonyl (C=O) groups excluding carboxylic acids is 1. The predicted octanol–water partition coefficient (Wildman–Crippen LogP) is 3.46. The molecule has 1 aromatic heterocycles. The van der Waals surface area contributed by atoms with Gasteiger partial charge in [0.05, 0.1) is 11.3 Å². The number of aromatic nitrogens is 1. The minimum Gasteiger partial charge on any atom is -0.322 e. The lowest BCUT2D eigenvalue weighted by Gasteiger charge is -2.10. The summed E-state index contributed by atoms with van der Waals surface area (Å²) in [6, 6.07) is 6.45. The van der Waals surface area contributed by atoms with Crippen LogP contribution in [-0.4, -0.2) is 10.6 Å². The van der Waals surface area contributed by atoms with Crippen LogP contribution in [0.2, 0.25) is 0 Å². The monoisotopic (exact) mass is 252 g/mol. The third kappa shape index (κ3) is 2.33. The minimum absolute atomic E-state index is 0.0731. The molecule has 1 aromatic carbocycles. The summed E-state index contributed by atoms with van der Waals surface area (Å²) in [4.78, 5) is 13.6. The number of aliphatic imine (C=N–C) groups is 1. The van der Waals surface area contributed by atoms with E-state index in [2.05, 4.69) is 4.99 Å². The molecule has 92 valence electrons. The first kappa shape index (κ1) is 12.1. The molecule has 0 aliphatic rings. The lowest BCUT2D eigenvalue weighted by atomic mass is 10.1. The van der Waals surface area contributed by atoms with E-state index in [4.69, 9.17) is 0 Å². The van der Waals surface area contributed by atoms with Gasteiger partial charge in [0.25, 0.3) is 0 Å². The number of isocyanates is 1. The van der Waals surface area contributed by atoms with E-state index in [1.54, 1.807) is 29.1 Å². The summed E-state index contributed by atoms with van der Waals surface area (Å²) >= 11 is 0. The zero-order chi connectivity index (χ0) is 13.2. The van der Waals surface area contributed by atoms with Gasteiger partial charge in [0, 0.05) is 12.4 Å². The average molecular weight is 252 g/mol. The van der Waals surface area contributed by atoms with E-state index in [0.717, 1.165) is 12.1 Å². The second kappa shape index (κ2) is 4.50. The Balaban J connectivity index is 2.59. The number of benzene rings is 1. The number of halogens is 3. The molecule has 0 amide bonds. The second-order valence-corrected chi connectivity index (χ2v) is 3.49. The molecule has 18 heavy (non-hydrogen) atoms. The van der Waals surface area contributed by atoms with Gasteiger partial charge in [-0.2, -0.15) is 18.2 Å². The van der Waals surface area contributed by atoms with Gasteiger partial charge in [0.15, 0.2) is 0 Å². The van der Waals surface area contributed by atoms with Crippen molar-refractivity contribution in [3.05, 3.63) is 48.3 Å². The van der Waals surface area contributed by atoms with E-state index in [-0.39, 0.29) is 5.69 Å². The molecule has 0 atom stereocenters. The molecule has 0 aliphatic heterocycles. The van der Waals surface area contributed by atoms with E-state index in [9.17, 15) is 18.0 Å². The molecule has 0 saturated carbocycles. The molecule has 6 heteroatoms. The third-order valence-electron chi connectivity index (χ3n) is 2.35. The van der Waals surface area contributed by atoms with Gasteiger partial charge in [0.1, 0.15) is 5.69 Å².